The topological polar surface area (TPSA) is 95.5 Å². The molecule has 0 aliphatic heterocycles. The molecule has 0 spiro atoms. The average molecular weight is 353 g/mol. The predicted molar refractivity (Wildman–Crippen MR) is 88.1 cm³/mol. The average Bonchev–Trinajstić information content (AvgIpc) is 2.52. The molecule has 2 aromatic carbocycles. The Hall–Kier alpha value is -2.35. The molecule has 0 fully saturated rings. The second kappa shape index (κ2) is 7.28. The van der Waals surface area contributed by atoms with Gasteiger partial charge in [0.05, 0.1) is 5.56 Å². The van der Waals surface area contributed by atoms with Crippen LogP contribution in [0.4, 0.5) is 0 Å². The Bertz CT molecular complexity index is 850. The minimum atomic E-state index is -3.92. The Morgan fingerprint density at radius 1 is 1.09 bits per heavy atom. The summed E-state index contributed by atoms with van der Waals surface area (Å²) in [5.74, 6) is -1.03. The summed E-state index contributed by atoms with van der Waals surface area (Å²) in [6, 6.07) is 12.5. The molecule has 0 aromatic heterocycles. The molecule has 0 bridgehead atoms. The van der Waals surface area contributed by atoms with Crippen molar-refractivity contribution in [2.24, 2.45) is 0 Å². The fourth-order valence-corrected chi connectivity index (χ4v) is 2.49. The van der Waals surface area contributed by atoms with Gasteiger partial charge in [-0.1, -0.05) is 41.9 Å². The summed E-state index contributed by atoms with van der Waals surface area (Å²) in [6.07, 6.45) is 1.30. The van der Waals surface area contributed by atoms with Crippen molar-refractivity contribution in [3.63, 3.8) is 0 Å². The molecule has 6 nitrogen and oxygen atoms in total. The van der Waals surface area contributed by atoms with E-state index in [1.807, 2.05) is 10.3 Å². The molecule has 3 N–H and O–H groups in total. The molecular weight excluding hydrogens is 340 g/mol. The number of carbonyl (C=O) groups is 1. The summed E-state index contributed by atoms with van der Waals surface area (Å²) < 4.78 is 23.6. The first kappa shape index (κ1) is 17.0. The zero-order valence-electron chi connectivity index (χ0n) is 11.7. The number of phenolic OH excluding ortho intramolecular Hbond substituents is 1. The van der Waals surface area contributed by atoms with E-state index in [4.69, 9.17) is 11.6 Å². The summed E-state index contributed by atoms with van der Waals surface area (Å²) in [5.41, 5.74) is 2.48. The summed E-state index contributed by atoms with van der Waals surface area (Å²) in [6.45, 7) is 0. The second-order valence-corrected chi connectivity index (χ2v) is 6.42. The first-order chi connectivity index (χ1) is 10.9. The van der Waals surface area contributed by atoms with Crippen molar-refractivity contribution in [3.05, 3.63) is 70.1 Å². The normalized spacial score (nSPS) is 11.5. The van der Waals surface area contributed by atoms with Crippen LogP contribution in [-0.4, -0.2) is 19.4 Å². The van der Waals surface area contributed by atoms with Gasteiger partial charge in [0.1, 0.15) is 5.75 Å². The smallest absolute Gasteiger partial charge is 0.269 e. The lowest BCUT2D eigenvalue weighted by Gasteiger charge is -2.07. The molecule has 0 unspecified atom stereocenters. The molecule has 0 atom stereocenters. The molecule has 0 heterocycles. The zero-order valence-corrected chi connectivity index (χ0v) is 13.3. The fraction of sp³-hybridized carbons (Fsp3) is 0. The number of aromatic hydroxyl groups is 1. The molecule has 0 saturated carbocycles. The first-order valence-corrected chi connectivity index (χ1v) is 8.34. The van der Waals surface area contributed by atoms with Gasteiger partial charge in [0.15, 0.2) is 0 Å². The highest BCUT2D eigenvalue weighted by atomic mass is 35.5. The van der Waals surface area contributed by atoms with Crippen LogP contribution in [0.3, 0.4) is 0 Å². The second-order valence-electron chi connectivity index (χ2n) is 4.44. The highest BCUT2D eigenvalue weighted by Gasteiger charge is 2.12. The monoisotopic (exact) mass is 352 g/mol. The van der Waals surface area contributed by atoms with Crippen LogP contribution in [0.25, 0.3) is 6.08 Å². The first-order valence-electron chi connectivity index (χ1n) is 6.42. The van der Waals surface area contributed by atoms with E-state index < -0.39 is 15.9 Å². The molecule has 0 aliphatic carbocycles. The third kappa shape index (κ3) is 4.82. The number of halogens is 1. The lowest BCUT2D eigenvalue weighted by molar-refractivity contribution is 0.0942. The highest BCUT2D eigenvalue weighted by molar-refractivity contribution is 7.92. The number of sulfonamides is 1. The summed E-state index contributed by atoms with van der Waals surface area (Å²) >= 11 is 5.91. The Morgan fingerprint density at radius 3 is 2.43 bits per heavy atom. The van der Waals surface area contributed by atoms with E-state index in [1.54, 1.807) is 36.4 Å². The summed E-state index contributed by atoms with van der Waals surface area (Å²) in [4.78, 5) is 13.7. The maximum atomic E-state index is 11.8. The van der Waals surface area contributed by atoms with Crippen LogP contribution in [0.1, 0.15) is 15.9 Å². The number of carbonyl (C=O) groups excluding carboxylic acids is 1. The van der Waals surface area contributed by atoms with Crippen molar-refractivity contribution in [1.82, 2.24) is 10.3 Å². The number of hydrogen-bond acceptors (Lipinski definition) is 4. The van der Waals surface area contributed by atoms with Crippen LogP contribution in [-0.2, 0) is 10.0 Å². The fourth-order valence-electron chi connectivity index (χ4n) is 1.66. The largest absolute Gasteiger partial charge is 0.507 e. The Morgan fingerprint density at radius 2 is 1.74 bits per heavy atom. The third-order valence-electron chi connectivity index (χ3n) is 2.79. The molecule has 0 radical (unpaired) electrons. The SMILES string of the molecule is O=C(NNS(=O)(=O)C=Cc1ccccc1Cl)c1ccccc1O. The van der Waals surface area contributed by atoms with Gasteiger partial charge in [0.2, 0.25) is 0 Å². The Kier molecular flexibility index (Phi) is 5.38. The molecule has 0 aliphatic rings. The van der Waals surface area contributed by atoms with E-state index in [1.165, 1.54) is 18.2 Å². The van der Waals surface area contributed by atoms with Gasteiger partial charge < -0.3 is 5.11 Å². The van der Waals surface area contributed by atoms with Crippen molar-refractivity contribution < 1.29 is 18.3 Å². The number of nitrogens with one attached hydrogen (secondary N) is 2. The van der Waals surface area contributed by atoms with Crippen LogP contribution >= 0.6 is 11.6 Å². The number of para-hydroxylation sites is 1. The summed E-state index contributed by atoms with van der Waals surface area (Å²) in [7, 11) is -3.92. The summed E-state index contributed by atoms with van der Waals surface area (Å²) in [5, 5.41) is 10.8. The van der Waals surface area contributed by atoms with Crippen molar-refractivity contribution in [2.75, 3.05) is 0 Å². The van der Waals surface area contributed by atoms with Crippen LogP contribution in [0.5, 0.6) is 5.75 Å². The van der Waals surface area contributed by atoms with Crippen LogP contribution in [0.15, 0.2) is 53.9 Å². The third-order valence-corrected chi connectivity index (χ3v) is 4.01. The molecule has 23 heavy (non-hydrogen) atoms. The van der Waals surface area contributed by atoms with Crippen LogP contribution in [0.2, 0.25) is 5.02 Å². The maximum Gasteiger partial charge on any atom is 0.269 e. The molecule has 120 valence electrons. The van der Waals surface area contributed by atoms with E-state index in [9.17, 15) is 18.3 Å². The standard InChI is InChI=1S/C15H13ClN2O4S/c16-13-7-3-1-5-11(13)9-10-23(21,22)18-17-15(20)12-6-2-4-8-14(12)19/h1-10,18-19H,(H,17,20). The van der Waals surface area contributed by atoms with Gasteiger partial charge in [0.25, 0.3) is 15.9 Å². The number of hydrazine groups is 1. The number of hydrogen-bond donors (Lipinski definition) is 3. The van der Waals surface area contributed by atoms with E-state index in [0.29, 0.717) is 10.6 Å². The van der Waals surface area contributed by atoms with Crippen molar-refractivity contribution in [3.8, 4) is 5.75 Å². The lowest BCUT2D eigenvalue weighted by Crippen LogP contribution is -2.40. The van der Waals surface area contributed by atoms with Gasteiger partial charge in [-0.2, -0.15) is 0 Å². The number of rotatable bonds is 5. The minimum absolute atomic E-state index is 0.0507. The molecule has 2 aromatic rings. The van der Waals surface area contributed by atoms with E-state index >= 15 is 0 Å². The van der Waals surface area contributed by atoms with Gasteiger partial charge in [-0.3, -0.25) is 10.2 Å². The Balaban J connectivity index is 2.03. The highest BCUT2D eigenvalue weighted by Crippen LogP contribution is 2.17. The molecular formula is C15H13ClN2O4S. The number of phenols is 1. The minimum Gasteiger partial charge on any atom is -0.507 e. The van der Waals surface area contributed by atoms with Crippen LogP contribution in [0, 0.1) is 0 Å². The van der Waals surface area contributed by atoms with E-state index in [0.717, 1.165) is 5.41 Å². The Labute approximate surface area is 138 Å². The van der Waals surface area contributed by atoms with Crippen molar-refractivity contribution in [1.29, 1.82) is 0 Å². The number of benzene rings is 2. The van der Waals surface area contributed by atoms with Gasteiger partial charge >= 0.3 is 0 Å². The maximum absolute atomic E-state index is 11.8. The zero-order chi connectivity index (χ0) is 16.9. The molecule has 0 saturated heterocycles. The molecule has 2 rings (SSSR count). The van der Waals surface area contributed by atoms with Gasteiger partial charge in [-0.05, 0) is 29.8 Å². The van der Waals surface area contributed by atoms with Gasteiger partial charge in [0, 0.05) is 10.4 Å². The van der Waals surface area contributed by atoms with E-state index in [-0.39, 0.29) is 11.3 Å². The van der Waals surface area contributed by atoms with Crippen molar-refractivity contribution >= 4 is 33.6 Å². The number of amides is 1. The van der Waals surface area contributed by atoms with Crippen LogP contribution < -0.4 is 10.3 Å². The predicted octanol–water partition coefficient (Wildman–Crippen LogP) is 2.28. The van der Waals surface area contributed by atoms with E-state index in [2.05, 4.69) is 0 Å². The molecule has 8 heteroatoms. The van der Waals surface area contributed by atoms with Crippen molar-refractivity contribution in [2.45, 2.75) is 0 Å². The lowest BCUT2D eigenvalue weighted by atomic mass is 10.2. The van der Waals surface area contributed by atoms with Gasteiger partial charge in [-0.25, -0.2) is 8.42 Å². The quantitative estimate of drug-likeness (QED) is 0.719. The molecule has 1 amide bonds. The van der Waals surface area contributed by atoms with Gasteiger partial charge in [-0.15, -0.1) is 4.83 Å².